The first kappa shape index (κ1) is 24.7. The molecule has 1 aliphatic rings. The number of hydrogen-bond donors (Lipinski definition) is 1. The first-order valence-electron chi connectivity index (χ1n) is 9.98. The first-order chi connectivity index (χ1) is 13.2. The highest BCUT2D eigenvalue weighted by Crippen LogP contribution is 2.18. The van der Waals surface area contributed by atoms with Crippen molar-refractivity contribution in [3.05, 3.63) is 35.9 Å². The predicted octanol–water partition coefficient (Wildman–Crippen LogP) is 3.10. The van der Waals surface area contributed by atoms with Crippen molar-refractivity contribution < 1.29 is 14.3 Å². The lowest BCUT2D eigenvalue weighted by Crippen LogP contribution is -2.48. The van der Waals surface area contributed by atoms with Crippen molar-refractivity contribution in [2.45, 2.75) is 32.6 Å². The number of nitrogens with one attached hydrogen (secondary N) is 1. The van der Waals surface area contributed by atoms with Crippen molar-refractivity contribution in [1.82, 2.24) is 10.2 Å². The smallest absolute Gasteiger partial charge is 0.310 e. The van der Waals surface area contributed by atoms with Crippen LogP contribution in [0.4, 0.5) is 0 Å². The second-order valence-electron chi connectivity index (χ2n) is 6.71. The van der Waals surface area contributed by atoms with Gasteiger partial charge in [0.1, 0.15) is 0 Å². The number of hydrogen-bond acceptors (Lipinski definition) is 4. The lowest BCUT2D eigenvalue weighted by atomic mass is 9.98. The van der Waals surface area contributed by atoms with E-state index in [4.69, 9.17) is 9.47 Å². The summed E-state index contributed by atoms with van der Waals surface area (Å²) in [5.41, 5.74) is 1.30. The Bertz CT molecular complexity index is 584. The van der Waals surface area contributed by atoms with Crippen LogP contribution in [-0.4, -0.2) is 63.3 Å². The van der Waals surface area contributed by atoms with Crippen LogP contribution in [0.2, 0.25) is 0 Å². The van der Waals surface area contributed by atoms with Gasteiger partial charge in [0.25, 0.3) is 0 Å². The van der Waals surface area contributed by atoms with Crippen molar-refractivity contribution >= 4 is 35.9 Å². The second kappa shape index (κ2) is 14.6. The summed E-state index contributed by atoms with van der Waals surface area (Å²) in [6.45, 7) is 6.15. The molecule has 1 aromatic carbocycles. The Labute approximate surface area is 186 Å². The Morgan fingerprint density at radius 1 is 1.29 bits per heavy atom. The van der Waals surface area contributed by atoms with Crippen LogP contribution in [0.25, 0.3) is 0 Å². The van der Waals surface area contributed by atoms with E-state index < -0.39 is 0 Å². The van der Waals surface area contributed by atoms with Crippen LogP contribution in [0.3, 0.4) is 0 Å². The Morgan fingerprint density at radius 2 is 2.07 bits per heavy atom. The lowest BCUT2D eigenvalue weighted by molar-refractivity contribution is -0.149. The molecular weight excluding hydrogens is 469 g/mol. The molecule has 1 heterocycles. The lowest BCUT2D eigenvalue weighted by Gasteiger charge is -2.33. The zero-order chi connectivity index (χ0) is 19.3. The number of esters is 1. The van der Waals surface area contributed by atoms with Gasteiger partial charge in [-0.05, 0) is 38.2 Å². The fourth-order valence-corrected chi connectivity index (χ4v) is 3.27. The number of ether oxygens (including phenoxy) is 2. The van der Waals surface area contributed by atoms with Crippen LogP contribution in [0, 0.1) is 5.92 Å². The van der Waals surface area contributed by atoms with Gasteiger partial charge in [-0.15, -0.1) is 24.0 Å². The number of piperidine rings is 1. The highest BCUT2D eigenvalue weighted by Gasteiger charge is 2.28. The SMILES string of the molecule is CCOC(=O)C1CCCN(C(=NC)NCCCOCCc2ccccc2)C1.I. The van der Waals surface area contributed by atoms with E-state index in [9.17, 15) is 4.79 Å². The van der Waals surface area contributed by atoms with Gasteiger partial charge >= 0.3 is 5.97 Å². The molecule has 7 heteroatoms. The van der Waals surface area contributed by atoms with Gasteiger partial charge in [-0.25, -0.2) is 0 Å². The van der Waals surface area contributed by atoms with Crippen LogP contribution in [0.15, 0.2) is 35.3 Å². The number of benzene rings is 1. The van der Waals surface area contributed by atoms with E-state index in [1.165, 1.54) is 5.56 Å². The molecule has 0 aliphatic carbocycles. The number of likely N-dealkylation sites (tertiary alicyclic amines) is 1. The summed E-state index contributed by atoms with van der Waals surface area (Å²) in [5, 5.41) is 3.38. The van der Waals surface area contributed by atoms with Crippen molar-refractivity contribution in [2.24, 2.45) is 10.9 Å². The number of carbonyl (C=O) groups excluding carboxylic acids is 1. The average Bonchev–Trinajstić information content (AvgIpc) is 2.71. The standard InChI is InChI=1S/C21H33N3O3.HI/c1-3-27-20(25)19-11-7-14-24(17-19)21(22-2)23-13-8-15-26-16-12-18-9-5-4-6-10-18;/h4-6,9-10,19H,3,7-8,11-17H2,1-2H3,(H,22,23);1H. The quantitative estimate of drug-likeness (QED) is 0.185. The third kappa shape index (κ3) is 8.77. The van der Waals surface area contributed by atoms with E-state index in [1.807, 2.05) is 13.0 Å². The van der Waals surface area contributed by atoms with Crippen LogP contribution in [0.1, 0.15) is 31.7 Å². The molecule has 158 valence electrons. The summed E-state index contributed by atoms with van der Waals surface area (Å²) >= 11 is 0. The van der Waals surface area contributed by atoms with Gasteiger partial charge < -0.3 is 19.7 Å². The maximum Gasteiger partial charge on any atom is 0.310 e. The van der Waals surface area contributed by atoms with E-state index in [0.29, 0.717) is 13.2 Å². The molecule has 1 fully saturated rings. The minimum atomic E-state index is -0.0931. The van der Waals surface area contributed by atoms with Crippen LogP contribution in [-0.2, 0) is 20.7 Å². The summed E-state index contributed by atoms with van der Waals surface area (Å²) < 4.78 is 10.9. The Morgan fingerprint density at radius 3 is 2.79 bits per heavy atom. The molecule has 0 bridgehead atoms. The van der Waals surface area contributed by atoms with Crippen molar-refractivity contribution in [1.29, 1.82) is 0 Å². The van der Waals surface area contributed by atoms with Crippen LogP contribution in [0.5, 0.6) is 0 Å². The van der Waals surface area contributed by atoms with Gasteiger partial charge in [-0.3, -0.25) is 9.79 Å². The monoisotopic (exact) mass is 503 g/mol. The minimum Gasteiger partial charge on any atom is -0.466 e. The second-order valence-corrected chi connectivity index (χ2v) is 6.71. The highest BCUT2D eigenvalue weighted by atomic mass is 127. The zero-order valence-corrected chi connectivity index (χ0v) is 19.4. The number of guanidine groups is 1. The highest BCUT2D eigenvalue weighted by molar-refractivity contribution is 14.0. The van der Waals surface area contributed by atoms with Crippen molar-refractivity contribution in [2.75, 3.05) is 46.5 Å². The molecule has 0 amide bonds. The summed E-state index contributed by atoms with van der Waals surface area (Å²) in [4.78, 5) is 18.5. The molecule has 0 spiro atoms. The summed E-state index contributed by atoms with van der Waals surface area (Å²) in [6, 6.07) is 10.4. The van der Waals surface area contributed by atoms with E-state index in [2.05, 4.69) is 39.5 Å². The molecule has 1 unspecified atom stereocenters. The first-order valence-corrected chi connectivity index (χ1v) is 9.98. The summed E-state index contributed by atoms with van der Waals surface area (Å²) in [5.74, 6) is 0.705. The van der Waals surface area contributed by atoms with Gasteiger partial charge in [-0.2, -0.15) is 0 Å². The number of rotatable bonds is 9. The van der Waals surface area contributed by atoms with Crippen molar-refractivity contribution in [3.8, 4) is 0 Å². The summed E-state index contributed by atoms with van der Waals surface area (Å²) in [7, 11) is 1.78. The molecule has 1 aromatic rings. The topological polar surface area (TPSA) is 63.2 Å². The molecule has 1 saturated heterocycles. The maximum absolute atomic E-state index is 12.0. The fourth-order valence-electron chi connectivity index (χ4n) is 3.27. The minimum absolute atomic E-state index is 0. The average molecular weight is 503 g/mol. The number of nitrogens with zero attached hydrogens (tertiary/aromatic N) is 2. The van der Waals surface area contributed by atoms with Gasteiger partial charge in [-0.1, -0.05) is 30.3 Å². The number of aliphatic imine (C=N–C) groups is 1. The molecule has 0 radical (unpaired) electrons. The third-order valence-electron chi connectivity index (χ3n) is 4.68. The summed E-state index contributed by atoms with van der Waals surface area (Å²) in [6.07, 6.45) is 3.73. The molecule has 6 nitrogen and oxygen atoms in total. The normalized spacial score (nSPS) is 17.0. The Kier molecular flexibility index (Phi) is 12.9. The maximum atomic E-state index is 12.0. The van der Waals surface area contributed by atoms with E-state index in [1.54, 1.807) is 7.05 Å². The van der Waals surface area contributed by atoms with E-state index in [-0.39, 0.29) is 35.9 Å². The van der Waals surface area contributed by atoms with E-state index in [0.717, 1.165) is 57.9 Å². The molecule has 0 saturated carbocycles. The molecular formula is C21H34IN3O3. The zero-order valence-electron chi connectivity index (χ0n) is 17.1. The van der Waals surface area contributed by atoms with Gasteiger partial charge in [0, 0.05) is 33.3 Å². The fraction of sp³-hybridized carbons (Fsp3) is 0.619. The largest absolute Gasteiger partial charge is 0.466 e. The molecule has 1 N–H and O–H groups in total. The van der Waals surface area contributed by atoms with Gasteiger partial charge in [0.2, 0.25) is 0 Å². The molecule has 1 atom stereocenters. The van der Waals surface area contributed by atoms with Crippen LogP contribution < -0.4 is 5.32 Å². The van der Waals surface area contributed by atoms with E-state index >= 15 is 0 Å². The van der Waals surface area contributed by atoms with Gasteiger partial charge in [0.15, 0.2) is 5.96 Å². The Balaban J connectivity index is 0.00000392. The molecule has 0 aromatic heterocycles. The van der Waals surface area contributed by atoms with Crippen LogP contribution >= 0.6 is 24.0 Å². The third-order valence-corrected chi connectivity index (χ3v) is 4.68. The number of carbonyl (C=O) groups is 1. The molecule has 2 rings (SSSR count). The number of halogens is 1. The van der Waals surface area contributed by atoms with Gasteiger partial charge in [0.05, 0.1) is 19.1 Å². The Hall–Kier alpha value is -1.35. The van der Waals surface area contributed by atoms with Crippen molar-refractivity contribution in [3.63, 3.8) is 0 Å². The molecule has 28 heavy (non-hydrogen) atoms. The predicted molar refractivity (Wildman–Crippen MR) is 123 cm³/mol. The molecule has 1 aliphatic heterocycles.